The highest BCUT2D eigenvalue weighted by Gasteiger charge is 2.24. The Bertz CT molecular complexity index is 911. The van der Waals surface area contributed by atoms with Gasteiger partial charge in [-0.25, -0.2) is 4.68 Å². The van der Waals surface area contributed by atoms with Crippen LogP contribution in [0.15, 0.2) is 52.6 Å². The summed E-state index contributed by atoms with van der Waals surface area (Å²) in [4.78, 5) is 29.7. The van der Waals surface area contributed by atoms with Gasteiger partial charge < -0.3 is 14.6 Å². The van der Waals surface area contributed by atoms with Crippen LogP contribution in [0, 0.1) is 0 Å². The molecule has 2 amide bonds. The molecule has 0 aromatic carbocycles. The van der Waals surface area contributed by atoms with E-state index in [2.05, 4.69) is 10.4 Å². The largest absolute Gasteiger partial charge is 0.459 e. The van der Waals surface area contributed by atoms with Gasteiger partial charge in [-0.1, -0.05) is 6.07 Å². The molecule has 28 heavy (non-hydrogen) atoms. The first-order valence-corrected chi connectivity index (χ1v) is 9.96. The Morgan fingerprint density at radius 2 is 2.00 bits per heavy atom. The second-order valence-electron chi connectivity index (χ2n) is 6.55. The van der Waals surface area contributed by atoms with Crippen molar-refractivity contribution in [2.45, 2.75) is 6.54 Å². The maximum Gasteiger partial charge on any atom is 0.289 e. The molecule has 0 saturated carbocycles. The summed E-state index contributed by atoms with van der Waals surface area (Å²) >= 11 is 1.66. The van der Waals surface area contributed by atoms with Crippen molar-refractivity contribution < 1.29 is 14.0 Å². The number of aromatic nitrogens is 2. The van der Waals surface area contributed by atoms with Crippen molar-refractivity contribution in [3.8, 4) is 0 Å². The summed E-state index contributed by atoms with van der Waals surface area (Å²) in [6.07, 6.45) is 3.18. The number of anilines is 1. The molecule has 146 valence electrons. The number of piperazine rings is 1. The molecule has 8 nitrogen and oxygen atoms in total. The van der Waals surface area contributed by atoms with Gasteiger partial charge >= 0.3 is 0 Å². The molecule has 0 atom stereocenters. The molecule has 0 spiro atoms. The minimum atomic E-state index is -0.105. The highest BCUT2D eigenvalue weighted by molar-refractivity contribution is 7.09. The lowest BCUT2D eigenvalue weighted by molar-refractivity contribution is -0.117. The molecule has 0 bridgehead atoms. The Labute approximate surface area is 166 Å². The smallest absolute Gasteiger partial charge is 0.289 e. The Morgan fingerprint density at radius 3 is 2.71 bits per heavy atom. The van der Waals surface area contributed by atoms with Crippen LogP contribution in [0.2, 0.25) is 0 Å². The lowest BCUT2D eigenvalue weighted by atomic mass is 10.3. The summed E-state index contributed by atoms with van der Waals surface area (Å²) in [5.74, 6) is 0.848. The summed E-state index contributed by atoms with van der Waals surface area (Å²) < 4.78 is 6.95. The maximum absolute atomic E-state index is 12.4. The fourth-order valence-corrected chi connectivity index (χ4v) is 3.85. The molecule has 9 heteroatoms. The van der Waals surface area contributed by atoms with Crippen LogP contribution in [-0.4, -0.2) is 64.1 Å². The van der Waals surface area contributed by atoms with E-state index >= 15 is 0 Å². The van der Waals surface area contributed by atoms with Crippen LogP contribution in [0.1, 0.15) is 15.4 Å². The van der Waals surface area contributed by atoms with E-state index in [1.54, 1.807) is 45.3 Å². The first-order valence-electron chi connectivity index (χ1n) is 9.08. The topological polar surface area (TPSA) is 83.6 Å². The lowest BCUT2D eigenvalue weighted by Gasteiger charge is -2.33. The van der Waals surface area contributed by atoms with Gasteiger partial charge in [0.2, 0.25) is 5.91 Å². The van der Waals surface area contributed by atoms with E-state index in [1.807, 2.05) is 22.4 Å². The quantitative estimate of drug-likeness (QED) is 0.685. The van der Waals surface area contributed by atoms with Gasteiger partial charge in [-0.05, 0) is 23.6 Å². The van der Waals surface area contributed by atoms with Gasteiger partial charge in [0.05, 0.1) is 25.5 Å². The van der Waals surface area contributed by atoms with Crippen LogP contribution < -0.4 is 5.32 Å². The molecule has 1 aliphatic heterocycles. The van der Waals surface area contributed by atoms with E-state index in [9.17, 15) is 9.59 Å². The van der Waals surface area contributed by atoms with Gasteiger partial charge in [0.25, 0.3) is 5.91 Å². The van der Waals surface area contributed by atoms with E-state index in [4.69, 9.17) is 4.42 Å². The SMILES string of the molecule is O=C(CN1CCN(C(=O)c2ccco2)CC1)Nc1ccnn1Cc1cccs1. The van der Waals surface area contributed by atoms with Gasteiger partial charge in [0, 0.05) is 37.1 Å². The van der Waals surface area contributed by atoms with Gasteiger partial charge in [0.15, 0.2) is 5.76 Å². The Hall–Kier alpha value is -2.91. The highest BCUT2D eigenvalue weighted by Crippen LogP contribution is 2.14. The molecule has 1 saturated heterocycles. The minimum absolute atomic E-state index is 0.0845. The van der Waals surface area contributed by atoms with Gasteiger partial charge in [0.1, 0.15) is 5.82 Å². The third-order valence-corrected chi connectivity index (χ3v) is 5.49. The van der Waals surface area contributed by atoms with E-state index < -0.39 is 0 Å². The third-order valence-electron chi connectivity index (χ3n) is 4.63. The number of thiophene rings is 1. The van der Waals surface area contributed by atoms with Crippen molar-refractivity contribution in [3.05, 3.63) is 58.8 Å². The summed E-state index contributed by atoms with van der Waals surface area (Å²) in [5, 5.41) is 9.24. The lowest BCUT2D eigenvalue weighted by Crippen LogP contribution is -2.50. The first kappa shape index (κ1) is 18.5. The van der Waals surface area contributed by atoms with Crippen LogP contribution >= 0.6 is 11.3 Å². The number of nitrogens with one attached hydrogen (secondary N) is 1. The summed E-state index contributed by atoms with van der Waals surface area (Å²) in [6.45, 7) is 3.36. The standard InChI is InChI=1S/C19H21N5O3S/c25-18(21-17-5-6-20-24(17)13-15-3-2-12-28-15)14-22-7-9-23(10-8-22)19(26)16-4-1-11-27-16/h1-6,11-12H,7-10,13-14H2,(H,21,25). The number of carbonyl (C=O) groups is 2. The van der Waals surface area contributed by atoms with Crippen molar-refractivity contribution in [2.75, 3.05) is 38.0 Å². The van der Waals surface area contributed by atoms with Crippen LogP contribution in [0.25, 0.3) is 0 Å². The van der Waals surface area contributed by atoms with Crippen molar-refractivity contribution in [3.63, 3.8) is 0 Å². The van der Waals surface area contributed by atoms with Crippen LogP contribution in [0.3, 0.4) is 0 Å². The Kier molecular flexibility index (Phi) is 5.54. The molecular weight excluding hydrogens is 378 g/mol. The van der Waals surface area contributed by atoms with Gasteiger partial charge in [-0.2, -0.15) is 5.10 Å². The predicted octanol–water partition coefficient (Wildman–Crippen LogP) is 1.98. The van der Waals surface area contributed by atoms with E-state index in [0.29, 0.717) is 44.3 Å². The fraction of sp³-hybridized carbons (Fsp3) is 0.316. The normalized spacial score (nSPS) is 14.9. The van der Waals surface area contributed by atoms with E-state index in [1.165, 1.54) is 11.1 Å². The number of furan rings is 1. The summed E-state index contributed by atoms with van der Waals surface area (Å²) in [7, 11) is 0. The maximum atomic E-state index is 12.4. The molecule has 3 aromatic heterocycles. The fourth-order valence-electron chi connectivity index (χ4n) is 3.17. The zero-order valence-electron chi connectivity index (χ0n) is 15.3. The second-order valence-corrected chi connectivity index (χ2v) is 7.58. The third kappa shape index (κ3) is 4.32. The van der Waals surface area contributed by atoms with E-state index in [-0.39, 0.29) is 18.4 Å². The Balaban J connectivity index is 1.26. The zero-order valence-corrected chi connectivity index (χ0v) is 16.1. The van der Waals surface area contributed by atoms with Crippen LogP contribution in [-0.2, 0) is 11.3 Å². The van der Waals surface area contributed by atoms with Crippen LogP contribution in [0.5, 0.6) is 0 Å². The molecule has 1 fully saturated rings. The number of hydrogen-bond acceptors (Lipinski definition) is 6. The van der Waals surface area contributed by atoms with Crippen molar-refractivity contribution in [2.24, 2.45) is 0 Å². The average Bonchev–Trinajstić information content (AvgIpc) is 3.46. The minimum Gasteiger partial charge on any atom is -0.459 e. The molecule has 0 aliphatic carbocycles. The number of nitrogens with zero attached hydrogens (tertiary/aromatic N) is 4. The predicted molar refractivity (Wildman–Crippen MR) is 105 cm³/mol. The number of amides is 2. The monoisotopic (exact) mass is 399 g/mol. The van der Waals surface area contributed by atoms with Crippen LogP contribution in [0.4, 0.5) is 5.82 Å². The molecule has 0 radical (unpaired) electrons. The molecule has 1 aliphatic rings. The number of carbonyl (C=O) groups excluding carboxylic acids is 2. The second kappa shape index (κ2) is 8.41. The first-order chi connectivity index (χ1) is 13.7. The van der Waals surface area contributed by atoms with Gasteiger partial charge in [-0.3, -0.25) is 14.5 Å². The molecule has 0 unspecified atom stereocenters. The molecule has 4 heterocycles. The number of rotatable bonds is 6. The highest BCUT2D eigenvalue weighted by atomic mass is 32.1. The molecule has 4 rings (SSSR count). The average molecular weight is 399 g/mol. The Morgan fingerprint density at radius 1 is 1.14 bits per heavy atom. The van der Waals surface area contributed by atoms with Crippen molar-refractivity contribution in [1.29, 1.82) is 0 Å². The molecule has 1 N–H and O–H groups in total. The summed E-state index contributed by atoms with van der Waals surface area (Å²) in [6, 6.07) is 9.21. The summed E-state index contributed by atoms with van der Waals surface area (Å²) in [5.41, 5.74) is 0. The number of hydrogen-bond donors (Lipinski definition) is 1. The zero-order chi connectivity index (χ0) is 19.3. The van der Waals surface area contributed by atoms with E-state index in [0.717, 1.165) is 0 Å². The van der Waals surface area contributed by atoms with Gasteiger partial charge in [-0.15, -0.1) is 11.3 Å². The van der Waals surface area contributed by atoms with Crippen molar-refractivity contribution in [1.82, 2.24) is 19.6 Å². The molecule has 3 aromatic rings. The molecular formula is C19H21N5O3S. The van der Waals surface area contributed by atoms with Crippen molar-refractivity contribution >= 4 is 29.0 Å².